The molecule has 0 bridgehead atoms. The Morgan fingerprint density at radius 1 is 0.865 bits per heavy atom. The molecule has 52 heavy (non-hydrogen) atoms. The summed E-state index contributed by atoms with van der Waals surface area (Å²) in [5.74, 6) is -2.50. The SMILES string of the molecule is CC(=O)N[C@H](C(=O)N[C@H](C(=O)N[C@@H](Cc1ccccc1)[C@H](O)C(=O)N1CSC(C)(C)C1C(=O)NCc1ccccc1C)C(C)(C)C)c1ccccc1. The number of aliphatic hydroxyl groups is 1. The van der Waals surface area contributed by atoms with Crippen molar-refractivity contribution in [2.45, 2.75) is 96.5 Å². The average Bonchev–Trinajstić information content (AvgIpc) is 3.42. The highest BCUT2D eigenvalue weighted by Gasteiger charge is 2.50. The summed E-state index contributed by atoms with van der Waals surface area (Å²) >= 11 is 1.43. The van der Waals surface area contributed by atoms with E-state index in [4.69, 9.17) is 0 Å². The Morgan fingerprint density at radius 3 is 2.06 bits per heavy atom. The van der Waals surface area contributed by atoms with Gasteiger partial charge in [0.2, 0.25) is 23.6 Å². The Hall–Kier alpha value is -4.68. The van der Waals surface area contributed by atoms with E-state index in [9.17, 15) is 29.1 Å². The van der Waals surface area contributed by atoms with Crippen LogP contribution in [0.15, 0.2) is 84.9 Å². The van der Waals surface area contributed by atoms with Crippen LogP contribution < -0.4 is 21.3 Å². The van der Waals surface area contributed by atoms with Crippen molar-refractivity contribution < 1.29 is 29.1 Å². The molecule has 5 atom stereocenters. The maximum Gasteiger partial charge on any atom is 0.254 e. The van der Waals surface area contributed by atoms with Crippen molar-refractivity contribution in [3.05, 3.63) is 107 Å². The number of amides is 5. The number of nitrogens with zero attached hydrogens (tertiary/aromatic N) is 1. The van der Waals surface area contributed by atoms with Gasteiger partial charge in [-0.15, -0.1) is 11.8 Å². The van der Waals surface area contributed by atoms with Crippen molar-refractivity contribution in [3.63, 3.8) is 0 Å². The number of aryl methyl sites for hydroxylation is 1. The fourth-order valence-electron chi connectivity index (χ4n) is 6.27. The molecule has 1 fully saturated rings. The van der Waals surface area contributed by atoms with Gasteiger partial charge in [0, 0.05) is 18.2 Å². The first kappa shape index (κ1) is 40.1. The Balaban J connectivity index is 1.58. The second-order valence-corrected chi connectivity index (χ2v) is 16.4. The molecule has 0 saturated carbocycles. The molecule has 0 aliphatic carbocycles. The van der Waals surface area contributed by atoms with Gasteiger partial charge in [0.1, 0.15) is 18.1 Å². The molecule has 0 radical (unpaired) electrons. The summed E-state index contributed by atoms with van der Waals surface area (Å²) in [5.41, 5.74) is 2.46. The van der Waals surface area contributed by atoms with Crippen LogP contribution in [0.25, 0.3) is 0 Å². The van der Waals surface area contributed by atoms with Gasteiger partial charge in [-0.05, 0) is 54.9 Å². The number of rotatable bonds is 13. The highest BCUT2D eigenvalue weighted by molar-refractivity contribution is 8.00. The van der Waals surface area contributed by atoms with Crippen molar-refractivity contribution >= 4 is 41.3 Å². The summed E-state index contributed by atoms with van der Waals surface area (Å²) in [6.45, 7) is 12.7. The second kappa shape index (κ2) is 17.2. The zero-order chi connectivity index (χ0) is 38.2. The fourth-order valence-corrected chi connectivity index (χ4v) is 7.41. The van der Waals surface area contributed by atoms with Crippen molar-refractivity contribution in [3.8, 4) is 0 Å². The minimum absolute atomic E-state index is 0.0946. The Morgan fingerprint density at radius 2 is 1.46 bits per heavy atom. The van der Waals surface area contributed by atoms with Gasteiger partial charge in [0.05, 0.1) is 11.9 Å². The van der Waals surface area contributed by atoms with Gasteiger partial charge < -0.3 is 31.3 Å². The normalized spacial score (nSPS) is 17.6. The lowest BCUT2D eigenvalue weighted by atomic mass is 9.85. The molecule has 3 aromatic rings. The molecule has 1 unspecified atom stereocenters. The minimum atomic E-state index is -1.72. The molecule has 3 aromatic carbocycles. The molecule has 1 heterocycles. The first-order valence-electron chi connectivity index (χ1n) is 17.4. The first-order chi connectivity index (χ1) is 24.5. The number of carbonyl (C=O) groups excluding carboxylic acids is 5. The average molecular weight is 730 g/mol. The molecule has 5 amide bonds. The highest BCUT2D eigenvalue weighted by Crippen LogP contribution is 2.40. The third-order valence-corrected chi connectivity index (χ3v) is 10.6. The molecule has 11 nitrogen and oxygen atoms in total. The van der Waals surface area contributed by atoms with E-state index in [1.807, 2.05) is 75.4 Å². The summed E-state index contributed by atoms with van der Waals surface area (Å²) in [6.07, 6.45) is -1.63. The van der Waals surface area contributed by atoms with Crippen LogP contribution >= 0.6 is 11.8 Å². The lowest BCUT2D eigenvalue weighted by Crippen LogP contribution is -2.62. The maximum atomic E-state index is 14.2. The summed E-state index contributed by atoms with van der Waals surface area (Å²) in [7, 11) is 0. The minimum Gasteiger partial charge on any atom is -0.381 e. The van der Waals surface area contributed by atoms with Gasteiger partial charge in [-0.3, -0.25) is 24.0 Å². The third-order valence-electron chi connectivity index (χ3n) is 9.21. The van der Waals surface area contributed by atoms with Gasteiger partial charge >= 0.3 is 0 Å². The summed E-state index contributed by atoms with van der Waals surface area (Å²) in [4.78, 5) is 69.2. The molecule has 0 spiro atoms. The first-order valence-corrected chi connectivity index (χ1v) is 18.4. The van der Waals surface area contributed by atoms with E-state index >= 15 is 0 Å². The zero-order valence-electron chi connectivity index (χ0n) is 30.9. The number of aliphatic hydroxyl groups excluding tert-OH is 1. The van der Waals surface area contributed by atoms with Crippen LogP contribution in [0.2, 0.25) is 0 Å². The Labute approximate surface area is 310 Å². The lowest BCUT2D eigenvalue weighted by Gasteiger charge is -2.35. The van der Waals surface area contributed by atoms with Gasteiger partial charge in [-0.2, -0.15) is 0 Å². The van der Waals surface area contributed by atoms with E-state index in [1.54, 1.807) is 51.1 Å². The van der Waals surface area contributed by atoms with Gasteiger partial charge in [0.15, 0.2) is 6.10 Å². The number of hydrogen-bond acceptors (Lipinski definition) is 7. The summed E-state index contributed by atoms with van der Waals surface area (Å²) in [5, 5.41) is 23.1. The molecule has 278 valence electrons. The zero-order valence-corrected chi connectivity index (χ0v) is 31.8. The van der Waals surface area contributed by atoms with Gasteiger partial charge in [0.25, 0.3) is 5.91 Å². The van der Waals surface area contributed by atoms with Crippen molar-refractivity contribution in [1.82, 2.24) is 26.2 Å². The number of thioether (sulfide) groups is 1. The van der Waals surface area contributed by atoms with E-state index in [2.05, 4.69) is 21.3 Å². The van der Waals surface area contributed by atoms with Crippen LogP contribution in [-0.2, 0) is 36.9 Å². The van der Waals surface area contributed by atoms with E-state index < -0.39 is 64.1 Å². The van der Waals surface area contributed by atoms with Crippen LogP contribution in [0.1, 0.15) is 69.8 Å². The molecule has 5 N–H and O–H groups in total. The number of hydrogen-bond donors (Lipinski definition) is 5. The standard InChI is InChI=1S/C40H51N5O6S/c1-25-16-14-15-21-29(25)23-41-37(50)34-40(6,7)52-24-45(34)38(51)32(47)30(22-27-17-10-8-11-18-27)43-36(49)33(39(3,4)5)44-35(48)31(42-26(2)46)28-19-12-9-13-20-28/h8-21,30-34,47H,22-24H2,1-7H3,(H,41,50)(H,42,46)(H,43,49)(H,44,48)/t30-,31-,32-,33+,34?/m0/s1. The quantitative estimate of drug-likeness (QED) is 0.179. The molecule has 12 heteroatoms. The van der Waals surface area contributed by atoms with E-state index in [0.29, 0.717) is 5.56 Å². The van der Waals surface area contributed by atoms with E-state index in [0.717, 1.165) is 16.7 Å². The summed E-state index contributed by atoms with van der Waals surface area (Å²) < 4.78 is -0.659. The third kappa shape index (κ3) is 10.2. The Kier molecular flexibility index (Phi) is 13.3. The molecular formula is C40H51N5O6S. The van der Waals surface area contributed by atoms with E-state index in [1.165, 1.54) is 23.6 Å². The molecule has 1 aliphatic rings. The maximum absolute atomic E-state index is 14.2. The Bertz CT molecular complexity index is 1730. The largest absolute Gasteiger partial charge is 0.381 e. The molecule has 1 aliphatic heterocycles. The second-order valence-electron chi connectivity index (χ2n) is 14.8. The fraction of sp³-hybridized carbons (Fsp3) is 0.425. The van der Waals surface area contributed by atoms with Crippen molar-refractivity contribution in [2.24, 2.45) is 5.41 Å². The summed E-state index contributed by atoms with van der Waals surface area (Å²) in [6, 6.07) is 21.4. The van der Waals surface area contributed by atoms with E-state index in [-0.39, 0.29) is 24.7 Å². The van der Waals surface area contributed by atoms with Crippen LogP contribution in [0.4, 0.5) is 0 Å². The lowest BCUT2D eigenvalue weighted by molar-refractivity contribution is -0.148. The topological polar surface area (TPSA) is 157 Å². The number of carbonyl (C=O) groups is 5. The van der Waals surface area contributed by atoms with Crippen molar-refractivity contribution in [2.75, 3.05) is 5.88 Å². The van der Waals surface area contributed by atoms with Crippen LogP contribution in [0.3, 0.4) is 0 Å². The molecule has 4 rings (SSSR count). The number of nitrogens with one attached hydrogen (secondary N) is 4. The van der Waals surface area contributed by atoms with Crippen LogP contribution in [0.5, 0.6) is 0 Å². The predicted molar refractivity (Wildman–Crippen MR) is 203 cm³/mol. The van der Waals surface area contributed by atoms with Gasteiger partial charge in [-0.1, -0.05) is 106 Å². The monoisotopic (exact) mass is 729 g/mol. The predicted octanol–water partition coefficient (Wildman–Crippen LogP) is 3.79. The molecule has 0 aromatic heterocycles. The van der Waals surface area contributed by atoms with Gasteiger partial charge in [-0.25, -0.2) is 0 Å². The smallest absolute Gasteiger partial charge is 0.254 e. The highest BCUT2D eigenvalue weighted by atomic mass is 32.2. The van der Waals surface area contributed by atoms with Crippen molar-refractivity contribution in [1.29, 1.82) is 0 Å². The molecular weight excluding hydrogens is 679 g/mol. The molecule has 1 saturated heterocycles. The van der Waals surface area contributed by atoms with Crippen LogP contribution in [-0.4, -0.2) is 74.4 Å². The number of benzene rings is 3. The van der Waals surface area contributed by atoms with Crippen LogP contribution in [0, 0.1) is 12.3 Å².